The number of nitrogens with zero attached hydrogens (tertiary/aromatic N) is 2. The molecule has 2 rings (SSSR count). The number of hydrogen-bond acceptors (Lipinski definition) is 4. The van der Waals surface area contributed by atoms with Crippen LogP contribution in [0.25, 0.3) is 0 Å². The smallest absolute Gasteiger partial charge is 0.385 e. The highest BCUT2D eigenvalue weighted by atomic mass is 19.4. The average molecular weight is 436 g/mol. The van der Waals surface area contributed by atoms with Crippen LogP contribution >= 0.6 is 0 Å². The van der Waals surface area contributed by atoms with Gasteiger partial charge in [0.05, 0.1) is 0 Å². The first kappa shape index (κ1) is 24.9. The second kappa shape index (κ2) is 10.3. The van der Waals surface area contributed by atoms with Gasteiger partial charge in [-0.25, -0.2) is 0 Å². The Kier molecular flexibility index (Phi) is 8.56. The summed E-state index contributed by atoms with van der Waals surface area (Å²) in [4.78, 5) is 27.5. The predicted octanol–water partition coefficient (Wildman–Crippen LogP) is 2.96. The van der Waals surface area contributed by atoms with Crippen LogP contribution in [-0.4, -0.2) is 80.8 Å². The maximum atomic E-state index is 12.5. The fourth-order valence-corrected chi connectivity index (χ4v) is 4.96. The Balaban J connectivity index is 1.78. The van der Waals surface area contributed by atoms with Gasteiger partial charge < -0.3 is 19.9 Å². The van der Waals surface area contributed by atoms with Gasteiger partial charge in [0.15, 0.2) is 0 Å². The molecule has 174 valence electrons. The van der Waals surface area contributed by atoms with Crippen molar-refractivity contribution in [3.63, 3.8) is 0 Å². The Hall–Kier alpha value is -1.35. The number of likely N-dealkylation sites (tertiary alicyclic amines) is 1. The van der Waals surface area contributed by atoms with Crippen LogP contribution in [-0.2, 0) is 14.3 Å². The largest absolute Gasteiger partial charge is 0.471 e. The minimum absolute atomic E-state index is 0.0294. The van der Waals surface area contributed by atoms with Crippen molar-refractivity contribution in [3.8, 4) is 0 Å². The summed E-state index contributed by atoms with van der Waals surface area (Å²) in [6.45, 7) is 2.01. The molecule has 1 saturated heterocycles. The van der Waals surface area contributed by atoms with Crippen molar-refractivity contribution >= 4 is 11.8 Å². The van der Waals surface area contributed by atoms with E-state index in [0.29, 0.717) is 25.8 Å². The monoisotopic (exact) mass is 435 g/mol. The van der Waals surface area contributed by atoms with E-state index in [0.717, 1.165) is 51.7 Å². The molecule has 0 bridgehead atoms. The first-order valence-electron chi connectivity index (χ1n) is 10.8. The third-order valence-corrected chi connectivity index (χ3v) is 6.98. The first-order chi connectivity index (χ1) is 14.0. The molecule has 1 saturated carbocycles. The summed E-state index contributed by atoms with van der Waals surface area (Å²) in [6, 6.07) is 0. The van der Waals surface area contributed by atoms with Gasteiger partial charge in [-0.3, -0.25) is 9.59 Å². The topological polar surface area (TPSA) is 61.9 Å². The lowest BCUT2D eigenvalue weighted by atomic mass is 9.65. The Morgan fingerprint density at radius 1 is 1.17 bits per heavy atom. The van der Waals surface area contributed by atoms with Crippen LogP contribution in [0, 0.1) is 5.41 Å². The number of hydrogen-bond donors (Lipinski definition) is 1. The molecule has 1 aliphatic heterocycles. The number of ether oxygens (including phenoxy) is 1. The number of methoxy groups -OCH3 is 1. The maximum absolute atomic E-state index is 12.5. The molecule has 6 nitrogen and oxygen atoms in total. The quantitative estimate of drug-likeness (QED) is 0.536. The lowest BCUT2D eigenvalue weighted by Gasteiger charge is -2.48. The molecule has 0 atom stereocenters. The van der Waals surface area contributed by atoms with Gasteiger partial charge in [0.2, 0.25) is 5.91 Å². The van der Waals surface area contributed by atoms with Crippen molar-refractivity contribution in [1.29, 1.82) is 0 Å². The second-order valence-electron chi connectivity index (χ2n) is 9.17. The van der Waals surface area contributed by atoms with Gasteiger partial charge >= 0.3 is 12.1 Å². The number of carbonyl (C=O) groups excluding carboxylic acids is 2. The molecule has 0 unspecified atom stereocenters. The first-order valence-corrected chi connectivity index (χ1v) is 10.8. The van der Waals surface area contributed by atoms with E-state index in [-0.39, 0.29) is 23.4 Å². The summed E-state index contributed by atoms with van der Waals surface area (Å²) < 4.78 is 41.7. The van der Waals surface area contributed by atoms with Crippen molar-refractivity contribution < 1.29 is 27.5 Å². The van der Waals surface area contributed by atoms with Gasteiger partial charge in [-0.1, -0.05) is 0 Å². The van der Waals surface area contributed by atoms with Gasteiger partial charge in [-0.05, 0) is 70.9 Å². The highest BCUT2D eigenvalue weighted by molar-refractivity contribution is 5.81. The zero-order valence-corrected chi connectivity index (χ0v) is 18.4. The molecule has 9 heteroatoms. The van der Waals surface area contributed by atoms with Crippen LogP contribution in [0.5, 0.6) is 0 Å². The van der Waals surface area contributed by atoms with Crippen molar-refractivity contribution in [2.24, 2.45) is 5.41 Å². The second-order valence-corrected chi connectivity index (χ2v) is 9.17. The number of alkyl halides is 3. The molecule has 1 aliphatic carbocycles. The van der Waals surface area contributed by atoms with Crippen LogP contribution in [0.4, 0.5) is 13.2 Å². The van der Waals surface area contributed by atoms with E-state index in [1.807, 2.05) is 10.2 Å². The summed E-state index contributed by atoms with van der Waals surface area (Å²) in [5, 5.41) is 1.88. The van der Waals surface area contributed by atoms with Gasteiger partial charge in [-0.15, -0.1) is 0 Å². The predicted molar refractivity (Wildman–Crippen MR) is 108 cm³/mol. The summed E-state index contributed by atoms with van der Waals surface area (Å²) in [5.74, 6) is -1.76. The number of amides is 2. The highest BCUT2D eigenvalue weighted by Crippen LogP contribution is 2.49. The fraction of sp³-hybridized carbons (Fsp3) is 0.905. The van der Waals surface area contributed by atoms with Crippen LogP contribution in [0.15, 0.2) is 0 Å². The summed E-state index contributed by atoms with van der Waals surface area (Å²) in [6.07, 6.45) is 3.00. The molecule has 1 spiro atoms. The Labute approximate surface area is 177 Å². The molecule has 0 aromatic heterocycles. The van der Waals surface area contributed by atoms with Crippen LogP contribution in [0.1, 0.15) is 57.8 Å². The molecule has 0 aromatic carbocycles. The molecular weight excluding hydrogens is 399 g/mol. The van der Waals surface area contributed by atoms with E-state index in [1.165, 1.54) is 0 Å². The van der Waals surface area contributed by atoms with E-state index in [9.17, 15) is 22.8 Å². The maximum Gasteiger partial charge on any atom is 0.471 e. The van der Waals surface area contributed by atoms with Crippen molar-refractivity contribution in [2.75, 3.05) is 47.4 Å². The Morgan fingerprint density at radius 3 is 2.40 bits per heavy atom. The molecule has 0 aromatic rings. The average Bonchev–Trinajstić information content (AvgIpc) is 2.97. The number of unbranched alkanes of at least 4 members (excludes halogenated alkanes) is 1. The number of rotatable bonds is 10. The molecule has 30 heavy (non-hydrogen) atoms. The van der Waals surface area contributed by atoms with Crippen LogP contribution in [0.2, 0.25) is 0 Å². The van der Waals surface area contributed by atoms with Crippen molar-refractivity contribution in [2.45, 2.75) is 69.5 Å². The van der Waals surface area contributed by atoms with E-state index in [4.69, 9.17) is 4.74 Å². The van der Waals surface area contributed by atoms with Crippen molar-refractivity contribution in [1.82, 2.24) is 15.1 Å². The number of nitrogens with one attached hydrogen (secondary N) is 1. The Bertz CT molecular complexity index is 588. The summed E-state index contributed by atoms with van der Waals surface area (Å²) in [7, 11) is 5.99. The lowest BCUT2D eigenvalue weighted by Crippen LogP contribution is -2.49. The number of carbonyl (C=O) groups is 2. The summed E-state index contributed by atoms with van der Waals surface area (Å²) in [5.41, 5.74) is 0.194. The minimum atomic E-state index is -4.84. The third-order valence-electron chi connectivity index (χ3n) is 6.98. The van der Waals surface area contributed by atoms with Crippen LogP contribution < -0.4 is 5.32 Å². The zero-order chi connectivity index (χ0) is 22.4. The van der Waals surface area contributed by atoms with Gasteiger partial charge in [0.1, 0.15) is 0 Å². The molecule has 2 fully saturated rings. The number of halogens is 3. The normalized spacial score (nSPS) is 27.3. The lowest BCUT2D eigenvalue weighted by molar-refractivity contribution is -0.173. The molecule has 2 amide bonds. The molecule has 1 heterocycles. The van der Waals surface area contributed by atoms with E-state index in [1.54, 1.807) is 7.11 Å². The highest BCUT2D eigenvalue weighted by Gasteiger charge is 2.49. The van der Waals surface area contributed by atoms with Crippen molar-refractivity contribution in [3.05, 3.63) is 0 Å². The van der Waals surface area contributed by atoms with E-state index in [2.05, 4.69) is 19.0 Å². The SMILES string of the molecule is COCCCC1(N(C)C)CCC2(CC1)CC(=O)N(CCCCNC(=O)C(F)(F)F)C2. The summed E-state index contributed by atoms with van der Waals surface area (Å²) >= 11 is 0. The van der Waals surface area contributed by atoms with Crippen LogP contribution in [0.3, 0.4) is 0 Å². The molecule has 1 N–H and O–H groups in total. The standard InChI is InChI=1S/C21H36F3N3O3/c1-26(2)20(7-6-14-30-3)10-8-19(9-11-20)15-17(28)27(16-19)13-5-4-12-25-18(29)21(22,23)24/h4-16H2,1-3H3,(H,25,29). The van der Waals surface area contributed by atoms with E-state index >= 15 is 0 Å². The molecule has 0 radical (unpaired) electrons. The van der Waals surface area contributed by atoms with Gasteiger partial charge in [0.25, 0.3) is 0 Å². The fourth-order valence-electron chi connectivity index (χ4n) is 4.96. The Morgan fingerprint density at radius 2 is 1.83 bits per heavy atom. The van der Waals surface area contributed by atoms with Gasteiger partial charge in [0, 0.05) is 45.3 Å². The van der Waals surface area contributed by atoms with E-state index < -0.39 is 12.1 Å². The third kappa shape index (κ3) is 6.33. The molecule has 2 aliphatic rings. The molecular formula is C21H36F3N3O3. The minimum Gasteiger partial charge on any atom is -0.385 e. The van der Waals surface area contributed by atoms with Gasteiger partial charge in [-0.2, -0.15) is 13.2 Å². The zero-order valence-electron chi connectivity index (χ0n) is 18.4.